The number of carbonyl (C=O) groups is 1. The van der Waals surface area contributed by atoms with Crippen LogP contribution < -0.4 is 16.6 Å². The van der Waals surface area contributed by atoms with Crippen molar-refractivity contribution in [3.8, 4) is 0 Å². The fourth-order valence-electron chi connectivity index (χ4n) is 2.63. The highest BCUT2D eigenvalue weighted by Gasteiger charge is 2.15. The highest BCUT2D eigenvalue weighted by Crippen LogP contribution is 2.21. The minimum absolute atomic E-state index is 0.0226. The SMILES string of the molecule is O=C(CCn1c(=O)[nH]c(=O)c2ccccc21)Nc1ccc(F)c([N+](=O)[O-])c1. The number of nitrogens with one attached hydrogen (secondary N) is 2. The zero-order chi connectivity index (χ0) is 19.6. The molecule has 0 fully saturated rings. The van der Waals surface area contributed by atoms with Crippen molar-refractivity contribution in [3.63, 3.8) is 0 Å². The van der Waals surface area contributed by atoms with Crippen molar-refractivity contribution in [2.75, 3.05) is 5.32 Å². The molecule has 0 aliphatic rings. The third kappa shape index (κ3) is 3.73. The number of amides is 1. The van der Waals surface area contributed by atoms with Gasteiger partial charge in [0, 0.05) is 24.7 Å². The van der Waals surface area contributed by atoms with Crippen LogP contribution in [0.3, 0.4) is 0 Å². The van der Waals surface area contributed by atoms with E-state index in [9.17, 15) is 28.9 Å². The Morgan fingerprint density at radius 3 is 2.70 bits per heavy atom. The van der Waals surface area contributed by atoms with Crippen molar-refractivity contribution in [2.24, 2.45) is 0 Å². The molecule has 1 heterocycles. The summed E-state index contributed by atoms with van der Waals surface area (Å²) in [6, 6.07) is 9.45. The van der Waals surface area contributed by atoms with Crippen molar-refractivity contribution in [1.82, 2.24) is 9.55 Å². The van der Waals surface area contributed by atoms with Gasteiger partial charge in [-0.05, 0) is 24.3 Å². The summed E-state index contributed by atoms with van der Waals surface area (Å²) in [6.07, 6.45) is -0.138. The third-order valence-corrected chi connectivity index (χ3v) is 3.89. The molecular weight excluding hydrogens is 359 g/mol. The zero-order valence-corrected chi connectivity index (χ0v) is 13.8. The first-order valence-electron chi connectivity index (χ1n) is 7.82. The smallest absolute Gasteiger partial charge is 0.326 e. The second-order valence-corrected chi connectivity index (χ2v) is 5.65. The number of nitrogens with zero attached hydrogens (tertiary/aromatic N) is 2. The molecule has 0 bridgehead atoms. The number of nitro groups is 1. The molecule has 0 spiro atoms. The molecule has 0 aliphatic heterocycles. The number of rotatable bonds is 5. The van der Waals surface area contributed by atoms with E-state index in [4.69, 9.17) is 0 Å². The summed E-state index contributed by atoms with van der Waals surface area (Å²) >= 11 is 0. The molecule has 138 valence electrons. The number of hydrogen-bond acceptors (Lipinski definition) is 5. The van der Waals surface area contributed by atoms with Crippen molar-refractivity contribution in [2.45, 2.75) is 13.0 Å². The van der Waals surface area contributed by atoms with Gasteiger partial charge in [0.1, 0.15) is 0 Å². The summed E-state index contributed by atoms with van der Waals surface area (Å²) in [5.41, 5.74) is -1.47. The molecule has 0 unspecified atom stereocenters. The monoisotopic (exact) mass is 372 g/mol. The molecule has 0 aliphatic carbocycles. The van der Waals surface area contributed by atoms with Gasteiger partial charge in [-0.3, -0.25) is 29.3 Å². The molecule has 27 heavy (non-hydrogen) atoms. The summed E-state index contributed by atoms with van der Waals surface area (Å²) in [6.45, 7) is -0.0226. The third-order valence-electron chi connectivity index (χ3n) is 3.89. The van der Waals surface area contributed by atoms with Crippen LogP contribution in [0.25, 0.3) is 10.9 Å². The summed E-state index contributed by atoms with van der Waals surface area (Å²) in [5.74, 6) is -1.54. The molecule has 0 radical (unpaired) electrons. The Labute approximate surface area is 150 Å². The number of hydrogen-bond donors (Lipinski definition) is 2. The van der Waals surface area contributed by atoms with Gasteiger partial charge in [-0.2, -0.15) is 4.39 Å². The van der Waals surface area contributed by atoms with E-state index in [-0.39, 0.29) is 18.7 Å². The fourth-order valence-corrected chi connectivity index (χ4v) is 2.63. The average Bonchev–Trinajstić information content (AvgIpc) is 2.63. The van der Waals surface area contributed by atoms with E-state index < -0.39 is 33.6 Å². The largest absolute Gasteiger partial charge is 0.328 e. The lowest BCUT2D eigenvalue weighted by Gasteiger charge is -2.10. The lowest BCUT2D eigenvalue weighted by atomic mass is 10.2. The minimum atomic E-state index is -1.01. The van der Waals surface area contributed by atoms with Crippen molar-refractivity contribution < 1.29 is 14.1 Å². The van der Waals surface area contributed by atoms with Crippen molar-refractivity contribution >= 4 is 28.2 Å². The highest BCUT2D eigenvalue weighted by molar-refractivity contribution is 5.91. The number of nitro benzene ring substituents is 1. The number of anilines is 1. The predicted molar refractivity (Wildman–Crippen MR) is 95.1 cm³/mol. The topological polar surface area (TPSA) is 127 Å². The first-order valence-corrected chi connectivity index (χ1v) is 7.82. The van der Waals surface area contributed by atoms with Crippen LogP contribution in [0.5, 0.6) is 0 Å². The van der Waals surface area contributed by atoms with E-state index >= 15 is 0 Å². The van der Waals surface area contributed by atoms with Gasteiger partial charge in [0.05, 0.1) is 15.8 Å². The Morgan fingerprint density at radius 1 is 1.22 bits per heavy atom. The summed E-state index contributed by atoms with van der Waals surface area (Å²) < 4.78 is 14.6. The number of halogens is 1. The van der Waals surface area contributed by atoms with Gasteiger partial charge in [0.15, 0.2) is 0 Å². The Kier molecular flexibility index (Phi) is 4.79. The highest BCUT2D eigenvalue weighted by atomic mass is 19.1. The Bertz CT molecular complexity index is 1170. The van der Waals surface area contributed by atoms with Crippen LogP contribution in [0.15, 0.2) is 52.1 Å². The van der Waals surface area contributed by atoms with Crippen LogP contribution >= 0.6 is 0 Å². The van der Waals surface area contributed by atoms with E-state index in [1.807, 2.05) is 0 Å². The van der Waals surface area contributed by atoms with Crippen LogP contribution in [0.1, 0.15) is 6.42 Å². The van der Waals surface area contributed by atoms with Crippen molar-refractivity contribution in [1.29, 1.82) is 0 Å². The lowest BCUT2D eigenvalue weighted by Crippen LogP contribution is -2.31. The molecule has 3 aromatic rings. The van der Waals surface area contributed by atoms with E-state index in [1.165, 1.54) is 10.6 Å². The van der Waals surface area contributed by atoms with Crippen LogP contribution in [0.4, 0.5) is 15.8 Å². The molecule has 9 nitrogen and oxygen atoms in total. The maximum atomic E-state index is 13.3. The molecule has 2 aromatic carbocycles. The number of para-hydroxylation sites is 1. The molecular formula is C17H13FN4O5. The average molecular weight is 372 g/mol. The molecule has 10 heteroatoms. The van der Waals surface area contributed by atoms with Crippen LogP contribution in [-0.2, 0) is 11.3 Å². The maximum Gasteiger partial charge on any atom is 0.328 e. The lowest BCUT2D eigenvalue weighted by molar-refractivity contribution is -0.387. The normalized spacial score (nSPS) is 10.7. The number of carbonyl (C=O) groups excluding carboxylic acids is 1. The number of aromatic amines is 1. The van der Waals surface area contributed by atoms with Gasteiger partial charge < -0.3 is 5.32 Å². The predicted octanol–water partition coefficient (Wildman–Crippen LogP) is 1.77. The maximum absolute atomic E-state index is 13.3. The van der Waals surface area contributed by atoms with E-state index in [0.29, 0.717) is 10.9 Å². The van der Waals surface area contributed by atoms with Gasteiger partial charge in [0.2, 0.25) is 11.7 Å². The molecule has 1 amide bonds. The van der Waals surface area contributed by atoms with Gasteiger partial charge in [0.25, 0.3) is 5.56 Å². The zero-order valence-electron chi connectivity index (χ0n) is 13.8. The summed E-state index contributed by atoms with van der Waals surface area (Å²) in [5, 5.41) is 13.5. The quantitative estimate of drug-likeness (QED) is 0.521. The van der Waals surface area contributed by atoms with E-state index in [1.54, 1.807) is 24.3 Å². The fraction of sp³-hybridized carbons (Fsp3) is 0.118. The Hall–Kier alpha value is -3.82. The van der Waals surface area contributed by atoms with Crippen LogP contribution in [0.2, 0.25) is 0 Å². The number of H-pyrrole nitrogens is 1. The Balaban J connectivity index is 1.78. The standard InChI is InChI=1S/C17H13FN4O5/c18-12-6-5-10(9-14(12)22(26)27)19-15(23)7-8-21-13-4-2-1-3-11(13)16(24)20-17(21)25/h1-6,9H,7-8H2,(H,19,23)(H,20,24,25). The molecule has 0 saturated carbocycles. The molecule has 0 atom stereocenters. The summed E-state index contributed by atoms with van der Waals surface area (Å²) in [4.78, 5) is 48.0. The number of fused-ring (bicyclic) bond motifs is 1. The first-order chi connectivity index (χ1) is 12.9. The second kappa shape index (κ2) is 7.20. The number of aromatic nitrogens is 2. The molecule has 3 rings (SSSR count). The molecule has 2 N–H and O–H groups in total. The Morgan fingerprint density at radius 2 is 1.96 bits per heavy atom. The van der Waals surface area contributed by atoms with Gasteiger partial charge in [-0.25, -0.2) is 4.79 Å². The van der Waals surface area contributed by atoms with Crippen molar-refractivity contribution in [3.05, 3.63) is 79.2 Å². The van der Waals surface area contributed by atoms with E-state index in [0.717, 1.165) is 12.1 Å². The van der Waals surface area contributed by atoms with Gasteiger partial charge in [-0.15, -0.1) is 0 Å². The van der Waals surface area contributed by atoms with Gasteiger partial charge in [-0.1, -0.05) is 12.1 Å². The van der Waals surface area contributed by atoms with E-state index in [2.05, 4.69) is 10.3 Å². The summed E-state index contributed by atoms with van der Waals surface area (Å²) in [7, 11) is 0. The number of benzene rings is 2. The minimum Gasteiger partial charge on any atom is -0.326 e. The van der Waals surface area contributed by atoms with Crippen LogP contribution in [-0.4, -0.2) is 20.4 Å². The number of aryl methyl sites for hydroxylation is 1. The van der Waals surface area contributed by atoms with Crippen LogP contribution in [0, 0.1) is 15.9 Å². The molecule has 1 aromatic heterocycles. The van der Waals surface area contributed by atoms with Gasteiger partial charge >= 0.3 is 11.4 Å². The first kappa shape index (κ1) is 18.0. The second-order valence-electron chi connectivity index (χ2n) is 5.65. The molecule has 0 saturated heterocycles.